The lowest BCUT2D eigenvalue weighted by atomic mass is 10.1. The second-order valence-corrected chi connectivity index (χ2v) is 2.07. The van der Waals surface area contributed by atoms with Gasteiger partial charge in [0.25, 0.3) is 0 Å². The molecular weight excluding hydrogens is 124 g/mol. The van der Waals surface area contributed by atoms with Gasteiger partial charge in [0.1, 0.15) is 6.54 Å². The van der Waals surface area contributed by atoms with Crippen molar-refractivity contribution < 1.29 is 0 Å². The third-order valence-corrected chi connectivity index (χ3v) is 1.41. The van der Waals surface area contributed by atoms with Crippen LogP contribution in [0.25, 0.3) is 6.08 Å². The first kappa shape index (κ1) is 5.47. The first-order valence-corrected chi connectivity index (χ1v) is 3.09. The van der Waals surface area contributed by atoms with Crippen molar-refractivity contribution in [2.75, 3.05) is 0 Å². The van der Waals surface area contributed by atoms with Gasteiger partial charge >= 0.3 is 0 Å². The molecule has 48 valence electrons. The first-order chi connectivity index (χ1) is 4.97. The number of aromatic nitrogens is 1. The lowest BCUT2D eigenvalue weighted by molar-refractivity contribution is 1.05. The van der Waals surface area contributed by atoms with E-state index in [0.29, 0.717) is 0 Å². The summed E-state index contributed by atoms with van der Waals surface area (Å²) in [6.07, 6.45) is 7.40. The highest BCUT2D eigenvalue weighted by Gasteiger charge is 2.02. The van der Waals surface area contributed by atoms with Crippen LogP contribution in [-0.4, -0.2) is 4.98 Å². The zero-order valence-corrected chi connectivity index (χ0v) is 5.33. The van der Waals surface area contributed by atoms with Crippen LogP contribution in [0.5, 0.6) is 0 Å². The van der Waals surface area contributed by atoms with E-state index in [1.54, 1.807) is 12.4 Å². The van der Waals surface area contributed by atoms with Gasteiger partial charge in [-0.25, -0.2) is 0 Å². The Hall–Kier alpha value is -1.31. The SMILES string of the molecule is [C]1NC=Cc2ccncc21. The number of nitrogens with one attached hydrogen (secondary N) is 1. The number of fused-ring (bicyclic) bond motifs is 1. The van der Waals surface area contributed by atoms with Gasteiger partial charge in [-0.2, -0.15) is 0 Å². The zero-order chi connectivity index (χ0) is 6.81. The molecule has 1 aromatic rings. The fourth-order valence-corrected chi connectivity index (χ4v) is 0.906. The largest absolute Gasteiger partial charge is 0.377 e. The summed E-state index contributed by atoms with van der Waals surface area (Å²) < 4.78 is 0. The number of nitrogens with zero attached hydrogens (tertiary/aromatic N) is 1. The van der Waals surface area contributed by atoms with Crippen LogP contribution < -0.4 is 5.32 Å². The van der Waals surface area contributed by atoms with Crippen molar-refractivity contribution in [1.29, 1.82) is 0 Å². The van der Waals surface area contributed by atoms with Crippen LogP contribution in [0, 0.1) is 6.54 Å². The monoisotopic (exact) mass is 130 g/mol. The molecule has 0 saturated carbocycles. The molecule has 0 aliphatic carbocycles. The summed E-state index contributed by atoms with van der Waals surface area (Å²) in [6.45, 7) is 2.96. The van der Waals surface area contributed by atoms with Crippen LogP contribution in [0.4, 0.5) is 0 Å². The van der Waals surface area contributed by atoms with Gasteiger partial charge in [0.15, 0.2) is 0 Å². The minimum absolute atomic E-state index is 1.02. The van der Waals surface area contributed by atoms with E-state index < -0.39 is 0 Å². The Labute approximate surface area is 59.6 Å². The van der Waals surface area contributed by atoms with Crippen LogP contribution in [0.2, 0.25) is 0 Å². The summed E-state index contributed by atoms with van der Waals surface area (Å²) in [7, 11) is 0. The number of pyridine rings is 1. The highest BCUT2D eigenvalue weighted by atomic mass is 14.8. The third kappa shape index (κ3) is 0.778. The Balaban J connectivity index is 2.54. The summed E-state index contributed by atoms with van der Waals surface area (Å²) >= 11 is 0. The molecule has 2 rings (SSSR count). The van der Waals surface area contributed by atoms with Gasteiger partial charge in [0.2, 0.25) is 0 Å². The van der Waals surface area contributed by atoms with Crippen molar-refractivity contribution in [3.05, 3.63) is 42.3 Å². The van der Waals surface area contributed by atoms with E-state index in [1.165, 1.54) is 0 Å². The summed E-state index contributed by atoms with van der Waals surface area (Å²) in [6, 6.07) is 1.96. The summed E-state index contributed by atoms with van der Waals surface area (Å²) in [5.41, 5.74) is 2.18. The van der Waals surface area contributed by atoms with Gasteiger partial charge in [-0.15, -0.1) is 0 Å². The maximum atomic E-state index is 3.96. The standard InChI is InChI=1S/C8H6N2/c1-3-9-5-8-6-10-4-2-7(1)8/h1-5,10H. The molecule has 1 aromatic heterocycles. The molecule has 0 aromatic carbocycles. The molecule has 0 saturated heterocycles. The summed E-state index contributed by atoms with van der Waals surface area (Å²) in [5.74, 6) is 0. The molecule has 0 atom stereocenters. The molecule has 2 heterocycles. The molecule has 1 aliphatic rings. The lowest BCUT2D eigenvalue weighted by Crippen LogP contribution is -2.07. The van der Waals surface area contributed by atoms with Crippen LogP contribution in [0.3, 0.4) is 0 Å². The Kier molecular flexibility index (Phi) is 1.17. The van der Waals surface area contributed by atoms with E-state index in [1.807, 2.05) is 18.3 Å². The van der Waals surface area contributed by atoms with Crippen LogP contribution in [-0.2, 0) is 0 Å². The lowest BCUT2D eigenvalue weighted by Gasteiger charge is -2.07. The Morgan fingerprint density at radius 1 is 1.50 bits per heavy atom. The van der Waals surface area contributed by atoms with E-state index in [2.05, 4.69) is 16.8 Å². The van der Waals surface area contributed by atoms with E-state index in [0.717, 1.165) is 11.1 Å². The average Bonchev–Trinajstić information content (AvgIpc) is 2.05. The molecule has 2 heteroatoms. The molecule has 0 amide bonds. The molecule has 2 radical (unpaired) electrons. The second-order valence-electron chi connectivity index (χ2n) is 2.07. The molecule has 2 nitrogen and oxygen atoms in total. The van der Waals surface area contributed by atoms with Gasteiger partial charge < -0.3 is 5.32 Å². The highest BCUT2D eigenvalue weighted by Crippen LogP contribution is 2.12. The molecule has 1 N–H and O–H groups in total. The predicted octanol–water partition coefficient (Wildman–Crippen LogP) is 1.04. The predicted molar refractivity (Wildman–Crippen MR) is 38.8 cm³/mol. The fraction of sp³-hybridized carbons (Fsp3) is 0. The second kappa shape index (κ2) is 2.14. The number of hydrogen-bond donors (Lipinski definition) is 1. The van der Waals surface area contributed by atoms with Crippen molar-refractivity contribution in [2.24, 2.45) is 0 Å². The minimum Gasteiger partial charge on any atom is -0.377 e. The van der Waals surface area contributed by atoms with Crippen molar-refractivity contribution >= 4 is 6.08 Å². The highest BCUT2D eigenvalue weighted by molar-refractivity contribution is 5.57. The quantitative estimate of drug-likeness (QED) is 0.567. The molecule has 0 spiro atoms. The summed E-state index contributed by atoms with van der Waals surface area (Å²) in [5, 5.41) is 2.87. The average molecular weight is 130 g/mol. The van der Waals surface area contributed by atoms with Crippen molar-refractivity contribution in [2.45, 2.75) is 0 Å². The van der Waals surface area contributed by atoms with Crippen molar-refractivity contribution in [3.63, 3.8) is 0 Å². The normalized spacial score (nSPS) is 14.0. The molecule has 0 unspecified atom stereocenters. The van der Waals surface area contributed by atoms with E-state index in [-0.39, 0.29) is 0 Å². The zero-order valence-electron chi connectivity index (χ0n) is 5.33. The van der Waals surface area contributed by atoms with Gasteiger partial charge in [-0.05, 0) is 23.9 Å². The van der Waals surface area contributed by atoms with E-state index in [4.69, 9.17) is 0 Å². The number of rotatable bonds is 0. The Bertz CT molecular complexity index is 266. The summed E-state index contributed by atoms with van der Waals surface area (Å²) in [4.78, 5) is 3.96. The van der Waals surface area contributed by atoms with Gasteiger partial charge in [0.05, 0.1) is 0 Å². The number of hydrogen-bond acceptors (Lipinski definition) is 2. The van der Waals surface area contributed by atoms with E-state index >= 15 is 0 Å². The fourth-order valence-electron chi connectivity index (χ4n) is 0.906. The Morgan fingerprint density at radius 2 is 2.50 bits per heavy atom. The maximum Gasteiger partial charge on any atom is 0.125 e. The van der Waals surface area contributed by atoms with Crippen LogP contribution in [0.1, 0.15) is 11.1 Å². The topological polar surface area (TPSA) is 24.9 Å². The minimum atomic E-state index is 1.02. The van der Waals surface area contributed by atoms with E-state index in [9.17, 15) is 0 Å². The maximum absolute atomic E-state index is 3.96. The van der Waals surface area contributed by atoms with Crippen molar-refractivity contribution in [3.8, 4) is 0 Å². The van der Waals surface area contributed by atoms with Gasteiger partial charge in [-0.1, -0.05) is 0 Å². The smallest absolute Gasteiger partial charge is 0.125 e. The van der Waals surface area contributed by atoms with Gasteiger partial charge in [0, 0.05) is 18.0 Å². The van der Waals surface area contributed by atoms with Gasteiger partial charge in [-0.3, -0.25) is 4.98 Å². The third-order valence-electron chi connectivity index (χ3n) is 1.41. The first-order valence-electron chi connectivity index (χ1n) is 3.09. The molecule has 10 heavy (non-hydrogen) atoms. The Morgan fingerprint density at radius 3 is 3.40 bits per heavy atom. The molecular formula is C8H6N2. The van der Waals surface area contributed by atoms with Crippen LogP contribution >= 0.6 is 0 Å². The molecule has 0 bridgehead atoms. The molecule has 0 fully saturated rings. The molecule has 1 aliphatic heterocycles. The van der Waals surface area contributed by atoms with Crippen LogP contribution in [0.15, 0.2) is 24.7 Å². The van der Waals surface area contributed by atoms with Crippen molar-refractivity contribution in [1.82, 2.24) is 10.3 Å².